The number of nitrogens with zero attached hydrogens (tertiary/aromatic N) is 1. The smallest absolute Gasteiger partial charge is 0.262 e. The van der Waals surface area contributed by atoms with E-state index in [4.69, 9.17) is 4.74 Å². The van der Waals surface area contributed by atoms with Crippen LogP contribution in [0, 0.1) is 11.6 Å². The van der Waals surface area contributed by atoms with Crippen molar-refractivity contribution < 1.29 is 28.2 Å². The molecule has 0 fully saturated rings. The number of halogens is 2. The van der Waals surface area contributed by atoms with E-state index in [0.29, 0.717) is 49.5 Å². The molecular formula is C30H41F2N3O4. The van der Waals surface area contributed by atoms with Gasteiger partial charge in [-0.1, -0.05) is 38.3 Å². The van der Waals surface area contributed by atoms with E-state index in [0.717, 1.165) is 56.6 Å². The molecule has 0 spiro atoms. The third-order valence-corrected chi connectivity index (χ3v) is 7.09. The molecule has 0 radical (unpaired) electrons. The molecule has 2 amide bonds. The second kappa shape index (κ2) is 15.4. The number of benzene rings is 2. The summed E-state index contributed by atoms with van der Waals surface area (Å²) in [6.07, 6.45) is 7.51. The molecule has 0 aliphatic carbocycles. The van der Waals surface area contributed by atoms with Crippen LogP contribution in [0.15, 0.2) is 30.3 Å². The highest BCUT2D eigenvalue weighted by Crippen LogP contribution is 2.39. The fourth-order valence-corrected chi connectivity index (χ4v) is 4.82. The number of carbonyl (C=O) groups excluding carboxylic acids is 2. The van der Waals surface area contributed by atoms with E-state index >= 15 is 0 Å². The lowest BCUT2D eigenvalue weighted by molar-refractivity contribution is -0.133. The Morgan fingerprint density at radius 2 is 1.92 bits per heavy atom. The minimum absolute atomic E-state index is 0.00383. The Bertz CT molecular complexity index is 1110. The van der Waals surface area contributed by atoms with Crippen LogP contribution in [-0.2, 0) is 22.4 Å². The maximum Gasteiger partial charge on any atom is 0.262 e. The summed E-state index contributed by atoms with van der Waals surface area (Å²) in [4.78, 5) is 26.7. The number of amides is 2. The Labute approximate surface area is 229 Å². The molecule has 7 nitrogen and oxygen atoms in total. The molecule has 214 valence electrons. The summed E-state index contributed by atoms with van der Waals surface area (Å²) in [6.45, 7) is 6.00. The standard InChI is InChI=1S/C30H41F2N3O4/c1-3-4-8-21(2)35(28(38)15-17-33-16-14-22-10-12-24(31)25(32)19-22)18-7-5-6-9-23-11-13-26(36)29-30(23)39-20-27(37)34-29/h10-13,19,21,33,36H,3-9,14-18,20H2,1-2H3,(H,34,37)/t21-/m1/s1. The summed E-state index contributed by atoms with van der Waals surface area (Å²) in [5.74, 6) is -1.32. The lowest BCUT2D eigenvalue weighted by atomic mass is 10.0. The van der Waals surface area contributed by atoms with E-state index in [1.807, 2.05) is 11.0 Å². The molecule has 1 atom stereocenters. The number of carbonyl (C=O) groups is 2. The second-order valence-corrected chi connectivity index (χ2v) is 10.2. The van der Waals surface area contributed by atoms with E-state index < -0.39 is 11.6 Å². The Hall–Kier alpha value is -3.20. The average molecular weight is 546 g/mol. The van der Waals surface area contributed by atoms with Crippen LogP contribution in [-0.4, -0.2) is 54.1 Å². The van der Waals surface area contributed by atoms with E-state index in [-0.39, 0.29) is 30.2 Å². The van der Waals surface area contributed by atoms with Crippen LogP contribution in [0.2, 0.25) is 0 Å². The maximum absolute atomic E-state index is 13.4. The predicted molar refractivity (Wildman–Crippen MR) is 148 cm³/mol. The highest BCUT2D eigenvalue weighted by Gasteiger charge is 2.23. The lowest BCUT2D eigenvalue weighted by Gasteiger charge is -2.30. The van der Waals surface area contributed by atoms with Crippen LogP contribution in [0.25, 0.3) is 0 Å². The van der Waals surface area contributed by atoms with Gasteiger partial charge < -0.3 is 25.4 Å². The summed E-state index contributed by atoms with van der Waals surface area (Å²) in [7, 11) is 0. The lowest BCUT2D eigenvalue weighted by Crippen LogP contribution is -2.40. The van der Waals surface area contributed by atoms with Gasteiger partial charge in [-0.2, -0.15) is 0 Å². The number of phenolic OH excluding ortho intramolecular Hbond substituents is 1. The SMILES string of the molecule is CCCC[C@@H](C)N(CCCCCc1ccc(O)c2c1OCC(=O)N2)C(=O)CCNCCc1ccc(F)c(F)c1. The Morgan fingerprint density at radius 1 is 1.10 bits per heavy atom. The van der Waals surface area contributed by atoms with Gasteiger partial charge >= 0.3 is 0 Å². The summed E-state index contributed by atoms with van der Waals surface area (Å²) in [5.41, 5.74) is 2.00. The molecule has 3 N–H and O–H groups in total. The van der Waals surface area contributed by atoms with Crippen LogP contribution >= 0.6 is 0 Å². The fraction of sp³-hybridized carbons (Fsp3) is 0.533. The van der Waals surface area contributed by atoms with Crippen molar-refractivity contribution in [2.24, 2.45) is 0 Å². The molecule has 0 saturated carbocycles. The number of rotatable bonds is 16. The molecule has 3 rings (SSSR count). The molecule has 1 heterocycles. The highest BCUT2D eigenvalue weighted by atomic mass is 19.2. The fourth-order valence-electron chi connectivity index (χ4n) is 4.82. The summed E-state index contributed by atoms with van der Waals surface area (Å²) in [6, 6.07) is 7.49. The molecule has 2 aromatic carbocycles. The quantitative estimate of drug-likeness (QED) is 0.196. The van der Waals surface area contributed by atoms with Gasteiger partial charge in [0, 0.05) is 25.6 Å². The monoisotopic (exact) mass is 545 g/mol. The number of ether oxygens (including phenoxy) is 1. The largest absolute Gasteiger partial charge is 0.506 e. The van der Waals surface area contributed by atoms with Gasteiger partial charge in [0.05, 0.1) is 0 Å². The minimum Gasteiger partial charge on any atom is -0.506 e. The minimum atomic E-state index is -0.849. The number of fused-ring (bicyclic) bond motifs is 1. The highest BCUT2D eigenvalue weighted by molar-refractivity contribution is 5.97. The van der Waals surface area contributed by atoms with Crippen molar-refractivity contribution in [3.63, 3.8) is 0 Å². The second-order valence-electron chi connectivity index (χ2n) is 10.2. The van der Waals surface area contributed by atoms with E-state index in [1.54, 1.807) is 12.1 Å². The topological polar surface area (TPSA) is 90.9 Å². The molecule has 1 aliphatic heterocycles. The zero-order valence-corrected chi connectivity index (χ0v) is 23.0. The average Bonchev–Trinajstić information content (AvgIpc) is 2.92. The molecule has 39 heavy (non-hydrogen) atoms. The molecule has 0 saturated heterocycles. The third kappa shape index (κ3) is 9.20. The number of phenols is 1. The first-order valence-electron chi connectivity index (χ1n) is 14.0. The van der Waals surface area contributed by atoms with Crippen molar-refractivity contribution in [2.75, 3.05) is 31.6 Å². The van der Waals surface area contributed by atoms with Gasteiger partial charge in [-0.25, -0.2) is 8.78 Å². The van der Waals surface area contributed by atoms with E-state index in [2.05, 4.69) is 24.5 Å². The third-order valence-electron chi connectivity index (χ3n) is 7.09. The van der Waals surface area contributed by atoms with Crippen molar-refractivity contribution in [3.8, 4) is 11.5 Å². The molecule has 9 heteroatoms. The summed E-state index contributed by atoms with van der Waals surface area (Å²) in [5, 5.41) is 15.9. The zero-order chi connectivity index (χ0) is 28.2. The number of aryl methyl sites for hydroxylation is 1. The Morgan fingerprint density at radius 3 is 2.69 bits per heavy atom. The predicted octanol–water partition coefficient (Wildman–Crippen LogP) is 5.34. The van der Waals surface area contributed by atoms with Gasteiger partial charge in [0.15, 0.2) is 24.0 Å². The van der Waals surface area contributed by atoms with Gasteiger partial charge in [-0.05, 0) is 74.9 Å². The number of anilines is 1. The molecule has 2 aromatic rings. The Balaban J connectivity index is 1.43. The number of nitrogens with one attached hydrogen (secondary N) is 2. The van der Waals surface area contributed by atoms with Crippen molar-refractivity contribution >= 4 is 17.5 Å². The van der Waals surface area contributed by atoms with Crippen molar-refractivity contribution in [3.05, 3.63) is 53.1 Å². The van der Waals surface area contributed by atoms with Crippen LogP contribution in [0.4, 0.5) is 14.5 Å². The van der Waals surface area contributed by atoms with Crippen LogP contribution in [0.1, 0.15) is 69.9 Å². The van der Waals surface area contributed by atoms with Gasteiger partial charge in [0.1, 0.15) is 11.4 Å². The molecule has 0 unspecified atom stereocenters. The van der Waals surface area contributed by atoms with E-state index in [1.165, 1.54) is 6.07 Å². The Kier molecular flexibility index (Phi) is 12.0. The number of hydrogen-bond donors (Lipinski definition) is 3. The summed E-state index contributed by atoms with van der Waals surface area (Å²) < 4.78 is 32.0. The molecule has 0 bridgehead atoms. The molecule has 0 aromatic heterocycles. The van der Waals surface area contributed by atoms with Gasteiger partial charge in [-0.3, -0.25) is 9.59 Å². The number of hydrogen-bond acceptors (Lipinski definition) is 5. The van der Waals surface area contributed by atoms with Crippen LogP contribution in [0.3, 0.4) is 0 Å². The van der Waals surface area contributed by atoms with Crippen molar-refractivity contribution in [1.29, 1.82) is 0 Å². The van der Waals surface area contributed by atoms with Crippen LogP contribution < -0.4 is 15.4 Å². The van der Waals surface area contributed by atoms with Gasteiger partial charge in [0.2, 0.25) is 5.91 Å². The summed E-state index contributed by atoms with van der Waals surface area (Å²) >= 11 is 0. The first kappa shape index (κ1) is 30.3. The first-order valence-corrected chi connectivity index (χ1v) is 14.0. The number of aromatic hydroxyl groups is 1. The van der Waals surface area contributed by atoms with E-state index in [9.17, 15) is 23.5 Å². The van der Waals surface area contributed by atoms with Gasteiger partial charge in [0.25, 0.3) is 5.91 Å². The normalized spacial score (nSPS) is 13.4. The van der Waals surface area contributed by atoms with Crippen LogP contribution in [0.5, 0.6) is 11.5 Å². The van der Waals surface area contributed by atoms with Crippen molar-refractivity contribution in [2.45, 2.75) is 77.7 Å². The molecule has 1 aliphatic rings. The zero-order valence-electron chi connectivity index (χ0n) is 23.0. The number of unbranched alkanes of at least 4 members (excludes halogenated alkanes) is 3. The first-order chi connectivity index (χ1) is 18.8. The van der Waals surface area contributed by atoms with Gasteiger partial charge in [-0.15, -0.1) is 0 Å². The van der Waals surface area contributed by atoms with Crippen molar-refractivity contribution in [1.82, 2.24) is 10.2 Å². The maximum atomic E-state index is 13.4. The molecular weight excluding hydrogens is 504 g/mol.